The lowest BCUT2D eigenvalue weighted by Gasteiger charge is -2.22. The molecule has 1 aliphatic heterocycles. The number of hydrogen-bond acceptors (Lipinski definition) is 2. The molecule has 0 amide bonds. The maximum absolute atomic E-state index is 6.14. The second-order valence-corrected chi connectivity index (χ2v) is 6.17. The fourth-order valence-corrected chi connectivity index (χ4v) is 3.30. The van der Waals surface area contributed by atoms with Gasteiger partial charge in [-0.3, -0.25) is 0 Å². The number of aromatic nitrogens is 2. The van der Waals surface area contributed by atoms with Gasteiger partial charge in [0.1, 0.15) is 5.82 Å². The van der Waals surface area contributed by atoms with Gasteiger partial charge in [0, 0.05) is 18.0 Å². The molecule has 0 saturated carbocycles. The minimum atomic E-state index is 0.714. The standard InChI is InChI=1S/C16H22ClN3/c1-2-8-20-15-10-13(17)5-6-14(15)19-16(20)9-12-4-3-7-18-11-12/h5-6,10,12,18H,2-4,7-9,11H2,1H3. The summed E-state index contributed by atoms with van der Waals surface area (Å²) < 4.78 is 2.36. The lowest BCUT2D eigenvalue weighted by molar-refractivity contribution is 0.366. The van der Waals surface area contributed by atoms with E-state index in [0.717, 1.165) is 43.0 Å². The summed E-state index contributed by atoms with van der Waals surface area (Å²) in [5.74, 6) is 1.93. The van der Waals surface area contributed by atoms with Crippen LogP contribution in [0.2, 0.25) is 5.02 Å². The Morgan fingerprint density at radius 3 is 3.10 bits per heavy atom. The Labute approximate surface area is 125 Å². The summed E-state index contributed by atoms with van der Waals surface area (Å²) in [6.07, 6.45) is 4.78. The first-order chi connectivity index (χ1) is 9.78. The number of nitrogens with zero attached hydrogens (tertiary/aromatic N) is 2. The van der Waals surface area contributed by atoms with Gasteiger partial charge in [-0.1, -0.05) is 18.5 Å². The zero-order valence-electron chi connectivity index (χ0n) is 12.0. The third-order valence-corrected chi connectivity index (χ3v) is 4.34. The fourth-order valence-electron chi connectivity index (χ4n) is 3.13. The number of benzene rings is 1. The highest BCUT2D eigenvalue weighted by Gasteiger charge is 2.18. The number of imidazole rings is 1. The molecule has 1 atom stereocenters. The third-order valence-electron chi connectivity index (χ3n) is 4.11. The van der Waals surface area contributed by atoms with Crippen LogP contribution in [0.1, 0.15) is 32.0 Å². The van der Waals surface area contributed by atoms with Crippen LogP contribution >= 0.6 is 11.6 Å². The maximum atomic E-state index is 6.14. The summed E-state index contributed by atoms with van der Waals surface area (Å²) in [5.41, 5.74) is 2.25. The molecule has 1 aliphatic rings. The molecule has 2 heterocycles. The smallest absolute Gasteiger partial charge is 0.110 e. The Kier molecular flexibility index (Phi) is 4.27. The van der Waals surface area contributed by atoms with Crippen LogP contribution < -0.4 is 5.32 Å². The van der Waals surface area contributed by atoms with Crippen LogP contribution in [0.4, 0.5) is 0 Å². The first-order valence-electron chi connectivity index (χ1n) is 7.63. The Hall–Kier alpha value is -1.06. The van der Waals surface area contributed by atoms with Gasteiger partial charge in [0.25, 0.3) is 0 Å². The molecule has 4 heteroatoms. The van der Waals surface area contributed by atoms with Gasteiger partial charge in [0.05, 0.1) is 11.0 Å². The van der Waals surface area contributed by atoms with Crippen molar-refractivity contribution in [3.63, 3.8) is 0 Å². The van der Waals surface area contributed by atoms with Crippen molar-refractivity contribution < 1.29 is 0 Å². The molecule has 0 bridgehead atoms. The van der Waals surface area contributed by atoms with Gasteiger partial charge in [-0.05, 0) is 56.5 Å². The highest BCUT2D eigenvalue weighted by Crippen LogP contribution is 2.24. The van der Waals surface area contributed by atoms with Gasteiger partial charge >= 0.3 is 0 Å². The van der Waals surface area contributed by atoms with E-state index in [4.69, 9.17) is 16.6 Å². The van der Waals surface area contributed by atoms with Gasteiger partial charge in [0.15, 0.2) is 0 Å². The molecule has 1 fully saturated rings. The monoisotopic (exact) mass is 291 g/mol. The Bertz CT molecular complexity index is 585. The minimum absolute atomic E-state index is 0.714. The maximum Gasteiger partial charge on any atom is 0.110 e. The minimum Gasteiger partial charge on any atom is -0.328 e. The zero-order chi connectivity index (χ0) is 13.9. The highest BCUT2D eigenvalue weighted by atomic mass is 35.5. The molecule has 1 N–H and O–H groups in total. The molecule has 1 aromatic carbocycles. The number of nitrogens with one attached hydrogen (secondary N) is 1. The van der Waals surface area contributed by atoms with E-state index in [1.807, 2.05) is 18.2 Å². The molecule has 0 radical (unpaired) electrons. The van der Waals surface area contributed by atoms with Gasteiger partial charge in [-0.25, -0.2) is 4.98 Å². The van der Waals surface area contributed by atoms with Crippen LogP contribution in [-0.4, -0.2) is 22.6 Å². The van der Waals surface area contributed by atoms with Crippen LogP contribution in [0.15, 0.2) is 18.2 Å². The molecule has 1 saturated heterocycles. The zero-order valence-corrected chi connectivity index (χ0v) is 12.8. The quantitative estimate of drug-likeness (QED) is 0.932. The van der Waals surface area contributed by atoms with Crippen LogP contribution in [0.5, 0.6) is 0 Å². The van der Waals surface area contributed by atoms with E-state index in [2.05, 4.69) is 16.8 Å². The molecule has 108 valence electrons. The van der Waals surface area contributed by atoms with Crippen molar-refractivity contribution in [1.29, 1.82) is 0 Å². The van der Waals surface area contributed by atoms with Gasteiger partial charge in [-0.15, -0.1) is 0 Å². The summed E-state index contributed by atoms with van der Waals surface area (Å²) in [6, 6.07) is 6.01. The lowest BCUT2D eigenvalue weighted by Crippen LogP contribution is -2.31. The van der Waals surface area contributed by atoms with E-state index in [9.17, 15) is 0 Å². The predicted octanol–water partition coefficient (Wildman–Crippen LogP) is 3.64. The van der Waals surface area contributed by atoms with Gasteiger partial charge in [0.2, 0.25) is 0 Å². The van der Waals surface area contributed by atoms with E-state index in [1.54, 1.807) is 0 Å². The molecule has 1 unspecified atom stereocenters. The predicted molar refractivity (Wildman–Crippen MR) is 84.3 cm³/mol. The summed E-state index contributed by atoms with van der Waals surface area (Å²) in [6.45, 7) is 5.52. The molecular weight excluding hydrogens is 270 g/mol. The third kappa shape index (κ3) is 2.84. The van der Waals surface area contributed by atoms with Crippen LogP contribution in [0, 0.1) is 5.92 Å². The molecule has 2 aromatic rings. The SMILES string of the molecule is CCCn1c(CC2CCCNC2)nc2ccc(Cl)cc21. The number of aryl methyl sites for hydroxylation is 1. The van der Waals surface area contributed by atoms with Crippen LogP contribution in [-0.2, 0) is 13.0 Å². The Balaban J connectivity index is 1.93. The van der Waals surface area contributed by atoms with E-state index < -0.39 is 0 Å². The molecule has 1 aromatic heterocycles. The number of piperidine rings is 1. The average Bonchev–Trinajstić information content (AvgIpc) is 2.78. The Morgan fingerprint density at radius 1 is 1.45 bits per heavy atom. The van der Waals surface area contributed by atoms with Crippen molar-refractivity contribution in [3.8, 4) is 0 Å². The number of halogens is 1. The van der Waals surface area contributed by atoms with Crippen molar-refractivity contribution >= 4 is 22.6 Å². The topological polar surface area (TPSA) is 29.9 Å². The van der Waals surface area contributed by atoms with Crippen molar-refractivity contribution in [1.82, 2.24) is 14.9 Å². The summed E-state index contributed by atoms with van der Waals surface area (Å²) >= 11 is 6.14. The second-order valence-electron chi connectivity index (χ2n) is 5.73. The largest absolute Gasteiger partial charge is 0.328 e. The number of rotatable bonds is 4. The lowest BCUT2D eigenvalue weighted by atomic mass is 9.96. The summed E-state index contributed by atoms with van der Waals surface area (Å²) in [7, 11) is 0. The van der Waals surface area contributed by atoms with Crippen LogP contribution in [0.25, 0.3) is 11.0 Å². The van der Waals surface area contributed by atoms with Crippen molar-refractivity contribution in [3.05, 3.63) is 29.0 Å². The molecule has 0 aliphatic carbocycles. The normalized spacial score (nSPS) is 19.6. The fraction of sp³-hybridized carbons (Fsp3) is 0.562. The second kappa shape index (κ2) is 6.15. The highest BCUT2D eigenvalue weighted by molar-refractivity contribution is 6.31. The van der Waals surface area contributed by atoms with Crippen molar-refractivity contribution in [2.45, 2.75) is 39.2 Å². The summed E-state index contributed by atoms with van der Waals surface area (Å²) in [4.78, 5) is 4.84. The first-order valence-corrected chi connectivity index (χ1v) is 8.01. The van der Waals surface area contributed by atoms with E-state index in [-0.39, 0.29) is 0 Å². The Morgan fingerprint density at radius 2 is 2.35 bits per heavy atom. The first kappa shape index (κ1) is 13.9. The molecule has 0 spiro atoms. The van der Waals surface area contributed by atoms with Crippen LogP contribution in [0.3, 0.4) is 0 Å². The van der Waals surface area contributed by atoms with E-state index in [0.29, 0.717) is 5.92 Å². The molecule has 3 nitrogen and oxygen atoms in total. The number of hydrogen-bond donors (Lipinski definition) is 1. The van der Waals surface area contributed by atoms with E-state index in [1.165, 1.54) is 24.2 Å². The molecule has 20 heavy (non-hydrogen) atoms. The molecular formula is C16H22ClN3. The number of fused-ring (bicyclic) bond motifs is 1. The summed E-state index contributed by atoms with van der Waals surface area (Å²) in [5, 5.41) is 4.28. The van der Waals surface area contributed by atoms with Crippen molar-refractivity contribution in [2.75, 3.05) is 13.1 Å². The average molecular weight is 292 g/mol. The van der Waals surface area contributed by atoms with Gasteiger partial charge < -0.3 is 9.88 Å². The van der Waals surface area contributed by atoms with Crippen molar-refractivity contribution in [2.24, 2.45) is 5.92 Å². The molecule has 3 rings (SSSR count). The van der Waals surface area contributed by atoms with Gasteiger partial charge in [-0.2, -0.15) is 0 Å². The van der Waals surface area contributed by atoms with E-state index >= 15 is 0 Å².